The van der Waals surface area contributed by atoms with Crippen LogP contribution in [-0.4, -0.2) is 51.0 Å². The molecule has 4 aliphatic rings. The summed E-state index contributed by atoms with van der Waals surface area (Å²) in [5, 5.41) is 4.31. The van der Waals surface area contributed by atoms with Gasteiger partial charge in [0.25, 0.3) is 0 Å². The summed E-state index contributed by atoms with van der Waals surface area (Å²) in [6, 6.07) is 22.4. The molecule has 2 aliphatic carbocycles. The number of ether oxygens (including phenoxy) is 1. The van der Waals surface area contributed by atoms with E-state index < -0.39 is 6.36 Å². The topological polar surface area (TPSA) is 67.6 Å². The summed E-state index contributed by atoms with van der Waals surface area (Å²) < 4.78 is 44.7. The summed E-state index contributed by atoms with van der Waals surface area (Å²) in [5.74, 6) is -0.271. The maximum Gasteiger partial charge on any atom is 0.573 e. The van der Waals surface area contributed by atoms with Crippen LogP contribution in [0.1, 0.15) is 38.5 Å². The molecule has 7 nitrogen and oxygen atoms in total. The number of nitrogens with one attached hydrogen (secondary N) is 1. The highest BCUT2D eigenvalue weighted by molar-refractivity contribution is 5.84. The lowest BCUT2D eigenvalue weighted by Crippen LogP contribution is -2.41. The highest BCUT2D eigenvalue weighted by Gasteiger charge is 2.31. The Morgan fingerprint density at radius 3 is 2.39 bits per heavy atom. The number of pyridine rings is 1. The lowest BCUT2D eigenvalue weighted by molar-refractivity contribution is -0.274. The average molecular weight is 599 g/mol. The molecular formula is C34H33F3N6O. The molecule has 0 atom stereocenters. The van der Waals surface area contributed by atoms with Gasteiger partial charge in [-0.3, -0.25) is 9.98 Å². The van der Waals surface area contributed by atoms with E-state index in [-0.39, 0.29) is 11.8 Å². The van der Waals surface area contributed by atoms with Gasteiger partial charge in [0.15, 0.2) is 0 Å². The minimum absolute atomic E-state index is 0.181. The van der Waals surface area contributed by atoms with Crippen LogP contribution in [0.5, 0.6) is 5.75 Å². The number of hydrogen-bond acceptors (Lipinski definition) is 6. The molecule has 1 aromatic heterocycles. The van der Waals surface area contributed by atoms with Crippen LogP contribution < -0.4 is 15.4 Å². The van der Waals surface area contributed by atoms with Gasteiger partial charge in [0.1, 0.15) is 5.75 Å². The van der Waals surface area contributed by atoms with Gasteiger partial charge in [-0.1, -0.05) is 25.0 Å². The smallest absolute Gasteiger partial charge is 0.406 e. The van der Waals surface area contributed by atoms with E-state index in [4.69, 9.17) is 9.98 Å². The molecule has 0 amide bonds. The Labute approximate surface area is 253 Å². The summed E-state index contributed by atoms with van der Waals surface area (Å²) in [7, 11) is 0. The Morgan fingerprint density at radius 2 is 1.66 bits per heavy atom. The Bertz CT molecular complexity index is 1770. The molecule has 2 aromatic carbocycles. The number of alkyl halides is 3. The first-order chi connectivity index (χ1) is 21.4. The zero-order chi connectivity index (χ0) is 30.1. The fourth-order valence-electron chi connectivity index (χ4n) is 6.56. The third-order valence-corrected chi connectivity index (χ3v) is 8.63. The second kappa shape index (κ2) is 11.9. The van der Waals surface area contributed by atoms with Gasteiger partial charge in [-0.05, 0) is 86.3 Å². The van der Waals surface area contributed by atoms with Crippen molar-refractivity contribution in [1.29, 1.82) is 0 Å². The molecule has 2 aliphatic heterocycles. The van der Waals surface area contributed by atoms with Gasteiger partial charge in [-0.15, -0.1) is 13.2 Å². The molecule has 226 valence electrons. The van der Waals surface area contributed by atoms with Crippen LogP contribution in [0.2, 0.25) is 0 Å². The molecular weight excluding hydrogens is 565 g/mol. The fourth-order valence-corrected chi connectivity index (χ4v) is 6.56. The zero-order valence-electron chi connectivity index (χ0n) is 24.2. The minimum Gasteiger partial charge on any atom is -0.406 e. The second-order valence-electron chi connectivity index (χ2n) is 11.5. The molecule has 0 bridgehead atoms. The molecule has 0 radical (unpaired) electrons. The van der Waals surface area contributed by atoms with Crippen molar-refractivity contribution in [2.75, 3.05) is 18.4 Å². The largest absolute Gasteiger partial charge is 0.573 e. The third kappa shape index (κ3) is 6.12. The van der Waals surface area contributed by atoms with Gasteiger partial charge in [0.2, 0.25) is 0 Å². The SMILES string of the molecule is FC(F)(F)Oc1ccc(-n2c3c/c(=N\C4CCN(C5CCCC5)CC4)c(Nc4cccnc4)cc-3nc3ccccc32)cc1. The van der Waals surface area contributed by atoms with Gasteiger partial charge in [0, 0.05) is 31.0 Å². The molecule has 10 heteroatoms. The van der Waals surface area contributed by atoms with Gasteiger partial charge in [0.05, 0.1) is 51.4 Å². The van der Waals surface area contributed by atoms with E-state index in [9.17, 15) is 13.2 Å². The third-order valence-electron chi connectivity index (χ3n) is 8.63. The van der Waals surface area contributed by atoms with Crippen LogP contribution in [0.3, 0.4) is 0 Å². The second-order valence-corrected chi connectivity index (χ2v) is 11.5. The molecule has 0 spiro atoms. The molecule has 1 saturated heterocycles. The average Bonchev–Trinajstić information content (AvgIpc) is 3.56. The van der Waals surface area contributed by atoms with Gasteiger partial charge in [-0.2, -0.15) is 0 Å². The number of benzene rings is 3. The van der Waals surface area contributed by atoms with E-state index in [1.807, 2.05) is 53.1 Å². The number of anilines is 2. The van der Waals surface area contributed by atoms with Gasteiger partial charge < -0.3 is 19.5 Å². The van der Waals surface area contributed by atoms with E-state index in [0.29, 0.717) is 11.7 Å². The highest BCUT2D eigenvalue weighted by atomic mass is 19.4. The number of halogens is 3. The van der Waals surface area contributed by atoms with E-state index in [0.717, 1.165) is 65.1 Å². The summed E-state index contributed by atoms with van der Waals surface area (Å²) >= 11 is 0. The summed E-state index contributed by atoms with van der Waals surface area (Å²) in [6.07, 6.45) is 6.00. The van der Waals surface area contributed by atoms with Crippen molar-refractivity contribution < 1.29 is 17.9 Å². The van der Waals surface area contributed by atoms with E-state index in [1.165, 1.54) is 37.8 Å². The predicted molar refractivity (Wildman–Crippen MR) is 164 cm³/mol. The number of hydrogen-bond donors (Lipinski definition) is 1. The van der Waals surface area contributed by atoms with Crippen molar-refractivity contribution in [3.8, 4) is 22.8 Å². The highest BCUT2D eigenvalue weighted by Crippen LogP contribution is 2.32. The fraction of sp³-hybridized carbons (Fsp3) is 0.324. The molecule has 1 saturated carbocycles. The monoisotopic (exact) mass is 598 g/mol. The number of aromatic nitrogens is 3. The molecule has 2 fully saturated rings. The summed E-state index contributed by atoms with van der Waals surface area (Å²) in [5.41, 5.74) is 5.46. The first-order valence-electron chi connectivity index (χ1n) is 15.2. The van der Waals surface area contributed by atoms with Crippen molar-refractivity contribution in [1.82, 2.24) is 19.4 Å². The van der Waals surface area contributed by atoms with Crippen molar-refractivity contribution in [2.24, 2.45) is 4.99 Å². The van der Waals surface area contributed by atoms with E-state index in [2.05, 4.69) is 19.9 Å². The molecule has 0 unspecified atom stereocenters. The maximum absolute atomic E-state index is 12.9. The number of rotatable bonds is 6. The Balaban J connectivity index is 1.34. The number of nitrogens with zero attached hydrogens (tertiary/aromatic N) is 5. The zero-order valence-corrected chi connectivity index (χ0v) is 24.2. The van der Waals surface area contributed by atoms with Crippen molar-refractivity contribution in [2.45, 2.75) is 57.0 Å². The number of piperidine rings is 1. The number of fused-ring (bicyclic) bond motifs is 2. The van der Waals surface area contributed by atoms with Crippen molar-refractivity contribution in [3.05, 3.63) is 90.5 Å². The summed E-state index contributed by atoms with van der Waals surface area (Å²) in [6.45, 7) is 2.10. The van der Waals surface area contributed by atoms with Crippen LogP contribution >= 0.6 is 0 Å². The first-order valence-corrected chi connectivity index (χ1v) is 15.2. The lowest BCUT2D eigenvalue weighted by atomic mass is 10.0. The van der Waals surface area contributed by atoms with E-state index >= 15 is 0 Å². The lowest BCUT2D eigenvalue weighted by Gasteiger charge is -2.34. The minimum atomic E-state index is -4.76. The van der Waals surface area contributed by atoms with Gasteiger partial charge >= 0.3 is 6.36 Å². The maximum atomic E-state index is 12.9. The van der Waals surface area contributed by atoms with Crippen LogP contribution in [0.15, 0.2) is 90.2 Å². The van der Waals surface area contributed by atoms with Gasteiger partial charge in [-0.25, -0.2) is 4.98 Å². The molecule has 3 heterocycles. The van der Waals surface area contributed by atoms with Crippen LogP contribution in [-0.2, 0) is 0 Å². The molecule has 1 N–H and O–H groups in total. The summed E-state index contributed by atoms with van der Waals surface area (Å²) in [4.78, 5) is 17.2. The Kier molecular flexibility index (Phi) is 7.68. The Morgan fingerprint density at radius 1 is 0.886 bits per heavy atom. The normalized spacial score (nSPS) is 17.5. The number of likely N-dealkylation sites (tertiary alicyclic amines) is 1. The molecule has 44 heavy (non-hydrogen) atoms. The quantitative estimate of drug-likeness (QED) is 0.205. The Hall–Kier alpha value is -4.44. The van der Waals surface area contributed by atoms with Crippen LogP contribution in [0.25, 0.3) is 28.1 Å². The number of para-hydroxylation sites is 2. The molecule has 3 aromatic rings. The van der Waals surface area contributed by atoms with Crippen molar-refractivity contribution >= 4 is 22.4 Å². The van der Waals surface area contributed by atoms with Crippen LogP contribution in [0.4, 0.5) is 24.5 Å². The standard InChI is InChI=1S/C34H33F3N6O/c35-34(36,37)44-27-13-11-26(12-14-27)43-32-10-4-3-9-28(32)41-31-20-29(40-24-6-5-17-38-22-24)30(21-33(31)43)39-23-15-18-42(19-16-23)25-7-1-2-8-25/h3-6,9-14,17,20-23,25,40H,1-2,7-8,15-16,18-19H2/b39-30+. The van der Waals surface area contributed by atoms with Crippen molar-refractivity contribution in [3.63, 3.8) is 0 Å². The van der Waals surface area contributed by atoms with E-state index in [1.54, 1.807) is 24.5 Å². The first kappa shape index (κ1) is 28.3. The van der Waals surface area contributed by atoms with Crippen LogP contribution in [0, 0.1) is 0 Å². The predicted octanol–water partition coefficient (Wildman–Crippen LogP) is 7.48. The molecule has 7 rings (SSSR count).